The normalized spacial score (nSPS) is 10.2. The van der Waals surface area contributed by atoms with Gasteiger partial charge in [-0.15, -0.1) is 0 Å². The third-order valence-corrected chi connectivity index (χ3v) is 3.31. The number of thioether (sulfide) groups is 1. The molecule has 1 amide bonds. The van der Waals surface area contributed by atoms with Crippen LogP contribution in [0.1, 0.15) is 16.8 Å². The van der Waals surface area contributed by atoms with Crippen molar-refractivity contribution >= 4 is 17.7 Å². The number of hydrogen-bond donors (Lipinski definition) is 1. The number of phenols is 1. The molecule has 0 saturated heterocycles. The fraction of sp³-hybridized carbons (Fsp3) is 0.462. The van der Waals surface area contributed by atoms with Crippen molar-refractivity contribution in [2.45, 2.75) is 6.42 Å². The van der Waals surface area contributed by atoms with Gasteiger partial charge in [0.05, 0.1) is 7.11 Å². The molecule has 0 fully saturated rings. The highest BCUT2D eigenvalue weighted by atomic mass is 32.2. The Kier molecular flexibility index (Phi) is 5.85. The highest BCUT2D eigenvalue weighted by Crippen LogP contribution is 2.26. The van der Waals surface area contributed by atoms with Crippen LogP contribution in [0.4, 0.5) is 0 Å². The summed E-state index contributed by atoms with van der Waals surface area (Å²) < 4.78 is 4.94. The monoisotopic (exact) mass is 269 g/mol. The summed E-state index contributed by atoms with van der Waals surface area (Å²) in [5.74, 6) is 1.30. The molecule has 0 aliphatic heterocycles. The average molecular weight is 269 g/mol. The van der Waals surface area contributed by atoms with Gasteiger partial charge in [-0.1, -0.05) is 0 Å². The molecule has 0 radical (unpaired) electrons. The van der Waals surface area contributed by atoms with Crippen LogP contribution >= 0.6 is 11.8 Å². The number of aromatic hydroxyl groups is 1. The maximum Gasteiger partial charge on any atom is 0.253 e. The second kappa shape index (κ2) is 7.16. The van der Waals surface area contributed by atoms with E-state index in [-0.39, 0.29) is 11.7 Å². The van der Waals surface area contributed by atoms with Crippen molar-refractivity contribution in [2.24, 2.45) is 0 Å². The lowest BCUT2D eigenvalue weighted by atomic mass is 10.1. The Morgan fingerprint density at radius 1 is 1.50 bits per heavy atom. The Morgan fingerprint density at radius 3 is 2.78 bits per heavy atom. The van der Waals surface area contributed by atoms with Crippen molar-refractivity contribution in [3.05, 3.63) is 23.8 Å². The van der Waals surface area contributed by atoms with Crippen LogP contribution in [0.15, 0.2) is 18.2 Å². The smallest absolute Gasteiger partial charge is 0.253 e. The Morgan fingerprint density at radius 2 is 2.22 bits per heavy atom. The molecule has 0 heterocycles. The minimum atomic E-state index is -0.0888. The van der Waals surface area contributed by atoms with Crippen molar-refractivity contribution in [1.82, 2.24) is 4.90 Å². The Labute approximate surface area is 112 Å². The van der Waals surface area contributed by atoms with Crippen molar-refractivity contribution in [3.8, 4) is 11.5 Å². The number of ether oxygens (including phenoxy) is 1. The molecule has 1 aromatic carbocycles. The van der Waals surface area contributed by atoms with Crippen molar-refractivity contribution in [3.63, 3.8) is 0 Å². The molecule has 0 saturated carbocycles. The van der Waals surface area contributed by atoms with Gasteiger partial charge in [-0.05, 0) is 36.6 Å². The number of carbonyl (C=O) groups is 1. The van der Waals surface area contributed by atoms with Crippen LogP contribution in [0.5, 0.6) is 11.5 Å². The van der Waals surface area contributed by atoms with Gasteiger partial charge < -0.3 is 14.7 Å². The minimum Gasteiger partial charge on any atom is -0.504 e. The van der Waals surface area contributed by atoms with E-state index in [1.54, 1.807) is 35.8 Å². The zero-order chi connectivity index (χ0) is 13.5. The summed E-state index contributed by atoms with van der Waals surface area (Å²) >= 11 is 1.76. The summed E-state index contributed by atoms with van der Waals surface area (Å²) in [4.78, 5) is 13.7. The van der Waals surface area contributed by atoms with Crippen molar-refractivity contribution < 1.29 is 14.6 Å². The summed E-state index contributed by atoms with van der Waals surface area (Å²) in [6.07, 6.45) is 3.01. The molecule has 0 unspecified atom stereocenters. The molecule has 0 bridgehead atoms. The van der Waals surface area contributed by atoms with Gasteiger partial charge in [0.25, 0.3) is 5.91 Å². The highest BCUT2D eigenvalue weighted by Gasteiger charge is 2.13. The van der Waals surface area contributed by atoms with Gasteiger partial charge in [-0.2, -0.15) is 11.8 Å². The topological polar surface area (TPSA) is 49.8 Å². The summed E-state index contributed by atoms with van der Waals surface area (Å²) in [6, 6.07) is 4.69. The molecular weight excluding hydrogens is 250 g/mol. The minimum absolute atomic E-state index is 0.0131. The Balaban J connectivity index is 2.68. The molecule has 1 rings (SSSR count). The maximum absolute atomic E-state index is 12.1. The van der Waals surface area contributed by atoms with Crippen LogP contribution in [0.25, 0.3) is 0 Å². The van der Waals surface area contributed by atoms with E-state index in [1.165, 1.54) is 13.2 Å². The first kappa shape index (κ1) is 14.7. The zero-order valence-corrected chi connectivity index (χ0v) is 11.8. The Bertz CT molecular complexity index is 409. The van der Waals surface area contributed by atoms with Crippen LogP contribution in [-0.4, -0.2) is 48.6 Å². The maximum atomic E-state index is 12.1. The predicted molar refractivity (Wildman–Crippen MR) is 74.6 cm³/mol. The summed E-state index contributed by atoms with van der Waals surface area (Å²) in [5.41, 5.74) is 0.472. The van der Waals surface area contributed by atoms with Gasteiger partial charge in [0, 0.05) is 19.2 Å². The number of phenolic OH excluding ortho intramolecular Hbond substituents is 1. The SMILES string of the molecule is COc1ccc(C(=O)N(C)CCCSC)cc1O. The lowest BCUT2D eigenvalue weighted by Gasteiger charge is -2.17. The third-order valence-electron chi connectivity index (χ3n) is 2.61. The number of benzene rings is 1. The first-order valence-electron chi connectivity index (χ1n) is 5.71. The average Bonchev–Trinajstić information content (AvgIpc) is 2.38. The van der Waals surface area contributed by atoms with Gasteiger partial charge in [0.15, 0.2) is 11.5 Å². The molecule has 4 nitrogen and oxygen atoms in total. The molecule has 100 valence electrons. The van der Waals surface area contributed by atoms with Gasteiger partial charge in [0.1, 0.15) is 0 Å². The zero-order valence-electron chi connectivity index (χ0n) is 11.0. The molecule has 1 aromatic rings. The van der Waals surface area contributed by atoms with E-state index in [0.717, 1.165) is 12.2 Å². The second-order valence-electron chi connectivity index (χ2n) is 3.96. The molecule has 0 spiro atoms. The third kappa shape index (κ3) is 3.84. The van der Waals surface area contributed by atoms with E-state index >= 15 is 0 Å². The first-order chi connectivity index (χ1) is 8.60. The fourth-order valence-corrected chi connectivity index (χ4v) is 2.01. The van der Waals surface area contributed by atoms with Crippen LogP contribution in [0.2, 0.25) is 0 Å². The fourth-order valence-electron chi connectivity index (χ4n) is 1.59. The predicted octanol–water partition coefficient (Wildman–Crippen LogP) is 2.23. The molecule has 18 heavy (non-hydrogen) atoms. The highest BCUT2D eigenvalue weighted by molar-refractivity contribution is 7.98. The molecule has 0 aliphatic carbocycles. The molecule has 0 aliphatic rings. The van der Waals surface area contributed by atoms with Crippen molar-refractivity contribution in [2.75, 3.05) is 32.7 Å². The van der Waals surface area contributed by atoms with E-state index in [2.05, 4.69) is 0 Å². The van der Waals surface area contributed by atoms with E-state index in [1.807, 2.05) is 6.26 Å². The number of rotatable bonds is 6. The Hall–Kier alpha value is -1.36. The standard InChI is InChI=1S/C13H19NO3S/c1-14(7-4-8-18-3)13(16)10-5-6-12(17-2)11(15)9-10/h5-6,9,15H,4,7-8H2,1-3H3. The molecule has 5 heteroatoms. The number of nitrogens with zero attached hydrogens (tertiary/aromatic N) is 1. The number of amides is 1. The summed E-state index contributed by atoms with van der Waals surface area (Å²) in [5, 5.41) is 9.64. The molecule has 0 atom stereocenters. The van der Waals surface area contributed by atoms with E-state index in [4.69, 9.17) is 4.74 Å². The van der Waals surface area contributed by atoms with Gasteiger partial charge in [-0.3, -0.25) is 4.79 Å². The van der Waals surface area contributed by atoms with Gasteiger partial charge >= 0.3 is 0 Å². The van der Waals surface area contributed by atoms with Crippen LogP contribution in [-0.2, 0) is 0 Å². The molecular formula is C13H19NO3S. The number of methoxy groups -OCH3 is 1. The summed E-state index contributed by atoms with van der Waals surface area (Å²) in [6.45, 7) is 0.715. The van der Waals surface area contributed by atoms with Crippen LogP contribution < -0.4 is 4.74 Å². The van der Waals surface area contributed by atoms with Gasteiger partial charge in [0.2, 0.25) is 0 Å². The molecule has 0 aromatic heterocycles. The summed E-state index contributed by atoms with van der Waals surface area (Å²) in [7, 11) is 3.25. The molecule has 1 N–H and O–H groups in total. The van der Waals surface area contributed by atoms with E-state index < -0.39 is 0 Å². The second-order valence-corrected chi connectivity index (χ2v) is 4.95. The van der Waals surface area contributed by atoms with E-state index in [0.29, 0.717) is 17.9 Å². The first-order valence-corrected chi connectivity index (χ1v) is 7.11. The lowest BCUT2D eigenvalue weighted by molar-refractivity contribution is 0.0795. The van der Waals surface area contributed by atoms with Crippen molar-refractivity contribution in [1.29, 1.82) is 0 Å². The quantitative estimate of drug-likeness (QED) is 0.805. The van der Waals surface area contributed by atoms with Gasteiger partial charge in [-0.25, -0.2) is 0 Å². The van der Waals surface area contributed by atoms with Crippen LogP contribution in [0, 0.1) is 0 Å². The van der Waals surface area contributed by atoms with E-state index in [9.17, 15) is 9.90 Å². The number of carbonyl (C=O) groups excluding carboxylic acids is 1. The number of hydrogen-bond acceptors (Lipinski definition) is 4. The lowest BCUT2D eigenvalue weighted by Crippen LogP contribution is -2.28. The largest absolute Gasteiger partial charge is 0.504 e. The van der Waals surface area contributed by atoms with Crippen LogP contribution in [0.3, 0.4) is 0 Å².